The minimum atomic E-state index is -2.11. The molecule has 0 aromatic heterocycles. The molecule has 0 saturated carbocycles. The van der Waals surface area contributed by atoms with Crippen LogP contribution in [0, 0.1) is 29.6 Å². The van der Waals surface area contributed by atoms with Gasteiger partial charge in [0.15, 0.2) is 8.32 Å². The zero-order valence-electron chi connectivity index (χ0n) is 34.2. The highest BCUT2D eigenvalue weighted by molar-refractivity contribution is 6.74. The molecule has 2 rings (SSSR count). The van der Waals surface area contributed by atoms with E-state index in [-0.39, 0.29) is 53.4 Å². The molecule has 0 unspecified atom stereocenters. The van der Waals surface area contributed by atoms with Gasteiger partial charge in [0.25, 0.3) is 0 Å². The minimum absolute atomic E-state index is 0.0126. The summed E-state index contributed by atoms with van der Waals surface area (Å²) >= 11 is 0. The minimum Gasteiger partial charge on any atom is -0.497 e. The van der Waals surface area contributed by atoms with Crippen molar-refractivity contribution in [3.8, 4) is 11.5 Å². The highest BCUT2D eigenvalue weighted by Crippen LogP contribution is 2.40. The van der Waals surface area contributed by atoms with Gasteiger partial charge in [-0.2, -0.15) is 0 Å². The van der Waals surface area contributed by atoms with Crippen LogP contribution in [0.5, 0.6) is 11.5 Å². The van der Waals surface area contributed by atoms with Crippen molar-refractivity contribution in [3.05, 3.63) is 96.1 Å². The first-order valence-electron chi connectivity index (χ1n) is 18.9. The van der Waals surface area contributed by atoms with Crippen molar-refractivity contribution in [1.29, 1.82) is 0 Å². The predicted molar refractivity (Wildman–Crippen MR) is 217 cm³/mol. The molecule has 0 saturated heterocycles. The predicted octanol–water partition coefficient (Wildman–Crippen LogP) is 9.79. The SMILES string of the molecule is C=C/C=C\[C@H](C)[C@H](OCc1ccc(OC)cc1)[C@@H](C)[C@H](O)[C@@H](CO)C/C(C)=C\[C@H](C)[C@@H](O[Si](C)(C)C(C)(C)C)[C@@H](C)COCc1ccc(OC)cc1. The molecular formula is C44H70O7Si. The zero-order chi connectivity index (χ0) is 39.1. The Morgan fingerprint density at radius 1 is 0.846 bits per heavy atom. The van der Waals surface area contributed by atoms with Crippen LogP contribution in [0.3, 0.4) is 0 Å². The molecule has 0 heterocycles. The summed E-state index contributed by atoms with van der Waals surface area (Å²) in [6.07, 6.45) is 7.42. The number of allylic oxidation sites excluding steroid dienone is 3. The number of hydrogen-bond acceptors (Lipinski definition) is 7. The van der Waals surface area contributed by atoms with E-state index in [1.54, 1.807) is 20.3 Å². The van der Waals surface area contributed by atoms with E-state index in [0.717, 1.165) is 28.2 Å². The van der Waals surface area contributed by atoms with Gasteiger partial charge in [-0.3, -0.25) is 0 Å². The van der Waals surface area contributed by atoms with Crippen molar-refractivity contribution in [2.24, 2.45) is 29.6 Å². The topological polar surface area (TPSA) is 86.6 Å². The van der Waals surface area contributed by atoms with E-state index in [1.165, 1.54) is 0 Å². The molecule has 0 aliphatic rings. The summed E-state index contributed by atoms with van der Waals surface area (Å²) in [5.74, 6) is 1.26. The molecule has 52 heavy (non-hydrogen) atoms. The maximum absolute atomic E-state index is 11.8. The number of rotatable bonds is 23. The van der Waals surface area contributed by atoms with Gasteiger partial charge in [-0.1, -0.05) is 109 Å². The van der Waals surface area contributed by atoms with Crippen molar-refractivity contribution >= 4 is 8.32 Å². The largest absolute Gasteiger partial charge is 0.497 e. The number of benzene rings is 2. The van der Waals surface area contributed by atoms with E-state index in [9.17, 15) is 10.2 Å². The van der Waals surface area contributed by atoms with E-state index in [4.69, 9.17) is 23.4 Å². The zero-order valence-corrected chi connectivity index (χ0v) is 35.2. The maximum Gasteiger partial charge on any atom is 0.192 e. The third-order valence-electron chi connectivity index (χ3n) is 10.7. The Morgan fingerprint density at radius 2 is 1.38 bits per heavy atom. The number of hydrogen-bond donors (Lipinski definition) is 2. The van der Waals surface area contributed by atoms with Crippen molar-refractivity contribution < 1.29 is 33.6 Å². The van der Waals surface area contributed by atoms with Crippen LogP contribution in [0.15, 0.2) is 85.0 Å². The molecule has 8 heteroatoms. The van der Waals surface area contributed by atoms with E-state index < -0.39 is 14.4 Å². The van der Waals surface area contributed by atoms with Gasteiger partial charge in [-0.15, -0.1) is 0 Å². The molecule has 2 N–H and O–H groups in total. The van der Waals surface area contributed by atoms with Crippen molar-refractivity contribution in [1.82, 2.24) is 0 Å². The molecule has 292 valence electrons. The molecule has 0 fully saturated rings. The Hall–Kier alpha value is -2.72. The fourth-order valence-electron chi connectivity index (χ4n) is 6.44. The fourth-order valence-corrected chi connectivity index (χ4v) is 7.92. The first-order valence-corrected chi connectivity index (χ1v) is 21.8. The van der Waals surface area contributed by atoms with Crippen LogP contribution in [0.25, 0.3) is 0 Å². The third kappa shape index (κ3) is 14.3. The maximum atomic E-state index is 11.8. The van der Waals surface area contributed by atoms with Crippen LogP contribution in [-0.2, 0) is 27.1 Å². The van der Waals surface area contributed by atoms with E-state index >= 15 is 0 Å². The molecule has 8 atom stereocenters. The molecular weight excluding hydrogens is 669 g/mol. The van der Waals surface area contributed by atoms with E-state index in [0.29, 0.717) is 26.2 Å². The molecule has 0 radical (unpaired) electrons. The smallest absolute Gasteiger partial charge is 0.192 e. The van der Waals surface area contributed by atoms with Crippen LogP contribution >= 0.6 is 0 Å². The van der Waals surface area contributed by atoms with E-state index in [2.05, 4.69) is 80.3 Å². The average molecular weight is 739 g/mol. The van der Waals surface area contributed by atoms with Gasteiger partial charge in [0.1, 0.15) is 11.5 Å². The van der Waals surface area contributed by atoms with Crippen LogP contribution in [0.4, 0.5) is 0 Å². The lowest BCUT2D eigenvalue weighted by Gasteiger charge is -2.42. The summed E-state index contributed by atoms with van der Waals surface area (Å²) in [6, 6.07) is 15.8. The number of aliphatic hydroxyl groups is 2. The Kier molecular flexibility index (Phi) is 19.1. The van der Waals surface area contributed by atoms with Gasteiger partial charge in [0.05, 0.1) is 52.4 Å². The van der Waals surface area contributed by atoms with Gasteiger partial charge < -0.3 is 33.6 Å². The molecule has 2 aromatic rings. The fraction of sp³-hybridized carbons (Fsp3) is 0.591. The lowest BCUT2D eigenvalue weighted by Crippen LogP contribution is -2.47. The second kappa shape index (κ2) is 21.8. The molecule has 2 aromatic carbocycles. The summed E-state index contributed by atoms with van der Waals surface area (Å²) in [6.45, 7) is 27.2. The first kappa shape index (κ1) is 45.4. The van der Waals surface area contributed by atoms with Crippen molar-refractivity contribution in [3.63, 3.8) is 0 Å². The second-order valence-corrected chi connectivity index (χ2v) is 20.9. The lowest BCUT2D eigenvalue weighted by molar-refractivity contribution is -0.0765. The Labute approximate surface area is 317 Å². The summed E-state index contributed by atoms with van der Waals surface area (Å²) in [5, 5.41) is 22.4. The Bertz CT molecular complexity index is 1360. The van der Waals surface area contributed by atoms with Crippen LogP contribution in [-0.4, -0.2) is 64.3 Å². The average Bonchev–Trinajstić information content (AvgIpc) is 3.11. The first-order chi connectivity index (χ1) is 24.5. The summed E-state index contributed by atoms with van der Waals surface area (Å²) in [7, 11) is 1.21. The number of ether oxygens (including phenoxy) is 4. The Morgan fingerprint density at radius 3 is 1.87 bits per heavy atom. The molecule has 0 aliphatic heterocycles. The van der Waals surface area contributed by atoms with Crippen molar-refractivity contribution in [2.75, 3.05) is 27.4 Å². The highest BCUT2D eigenvalue weighted by Gasteiger charge is 2.41. The second-order valence-electron chi connectivity index (χ2n) is 16.2. The summed E-state index contributed by atoms with van der Waals surface area (Å²) < 4.78 is 30.4. The molecule has 0 spiro atoms. The third-order valence-corrected chi connectivity index (χ3v) is 15.2. The lowest BCUT2D eigenvalue weighted by atomic mass is 9.81. The van der Waals surface area contributed by atoms with Crippen LogP contribution in [0.1, 0.15) is 72.9 Å². The van der Waals surface area contributed by atoms with Crippen LogP contribution in [0.2, 0.25) is 18.1 Å². The summed E-state index contributed by atoms with van der Waals surface area (Å²) in [4.78, 5) is 0. The monoisotopic (exact) mass is 738 g/mol. The van der Waals surface area contributed by atoms with Crippen LogP contribution < -0.4 is 9.47 Å². The number of methoxy groups -OCH3 is 2. The number of aliphatic hydroxyl groups excluding tert-OH is 2. The standard InChI is InChI=1S/C44H70O7Si/c1-14-15-16-32(3)43(50-30-37-19-23-40(48-11)24-20-37)35(6)41(46)38(27-45)26-31(2)25-33(4)42(51-52(12,13)44(7,8)9)34(5)28-49-29-36-17-21-39(47-10)22-18-36/h14-25,32-35,38,41-43,45-46H,1,26-30H2,2-13H3/b16-15-,31-25-/t32-,33-,34-,35-,38+,41-,42+,43-/m0/s1. The van der Waals surface area contributed by atoms with Gasteiger partial charge >= 0.3 is 0 Å². The molecule has 0 amide bonds. The van der Waals surface area contributed by atoms with Gasteiger partial charge in [0.2, 0.25) is 0 Å². The van der Waals surface area contributed by atoms with Gasteiger partial charge in [-0.05, 0) is 72.8 Å². The molecule has 0 aliphatic carbocycles. The van der Waals surface area contributed by atoms with Gasteiger partial charge in [0, 0.05) is 30.3 Å². The quantitative estimate of drug-likeness (QED) is 0.0667. The normalized spacial score (nSPS) is 17.5. The van der Waals surface area contributed by atoms with E-state index in [1.807, 2.05) is 61.5 Å². The molecule has 0 bridgehead atoms. The highest BCUT2D eigenvalue weighted by atomic mass is 28.4. The van der Waals surface area contributed by atoms with Crippen molar-refractivity contribution in [2.45, 2.75) is 111 Å². The van der Waals surface area contributed by atoms with Gasteiger partial charge in [-0.25, -0.2) is 0 Å². The molecule has 7 nitrogen and oxygen atoms in total. The summed E-state index contributed by atoms with van der Waals surface area (Å²) in [5.41, 5.74) is 3.23. The Balaban J connectivity index is 2.23.